The van der Waals surface area contributed by atoms with Crippen LogP contribution in [0.2, 0.25) is 0 Å². The highest BCUT2D eigenvalue weighted by molar-refractivity contribution is 7.15. The first-order chi connectivity index (χ1) is 8.33. The minimum atomic E-state index is -0.0344. The number of nitrogens with one attached hydrogen (secondary N) is 1. The Morgan fingerprint density at radius 3 is 3.00 bits per heavy atom. The first kappa shape index (κ1) is 10.8. The van der Waals surface area contributed by atoms with E-state index >= 15 is 0 Å². The predicted octanol–water partition coefficient (Wildman–Crippen LogP) is 2.46. The molecule has 1 amide bonds. The maximum Gasteiger partial charge on any atom is 0.271 e. The van der Waals surface area contributed by atoms with Crippen molar-refractivity contribution in [2.24, 2.45) is 0 Å². The van der Waals surface area contributed by atoms with E-state index in [1.165, 1.54) is 19.3 Å². The fourth-order valence-electron chi connectivity index (χ4n) is 2.34. The molecular formula is C12H15N3OS. The van der Waals surface area contributed by atoms with Gasteiger partial charge in [0.25, 0.3) is 5.91 Å². The smallest absolute Gasteiger partial charge is 0.271 e. The van der Waals surface area contributed by atoms with Crippen LogP contribution in [0.5, 0.6) is 0 Å². The number of amides is 1. The molecule has 17 heavy (non-hydrogen) atoms. The Kier molecular flexibility index (Phi) is 2.84. The van der Waals surface area contributed by atoms with E-state index < -0.39 is 0 Å². The number of carbonyl (C=O) groups excluding carboxylic acids is 1. The Hall–Kier alpha value is -1.36. The van der Waals surface area contributed by atoms with Gasteiger partial charge in [-0.3, -0.25) is 9.20 Å². The summed E-state index contributed by atoms with van der Waals surface area (Å²) in [5.74, 6) is -0.0344. The van der Waals surface area contributed by atoms with Gasteiger partial charge in [0.15, 0.2) is 4.96 Å². The summed E-state index contributed by atoms with van der Waals surface area (Å²) in [7, 11) is 0. The Balaban J connectivity index is 1.71. The van der Waals surface area contributed by atoms with Crippen molar-refractivity contribution in [2.75, 3.05) is 0 Å². The monoisotopic (exact) mass is 249 g/mol. The summed E-state index contributed by atoms with van der Waals surface area (Å²) in [5.41, 5.74) is 0.530. The summed E-state index contributed by atoms with van der Waals surface area (Å²) >= 11 is 1.54. The van der Waals surface area contributed by atoms with Crippen molar-refractivity contribution in [2.45, 2.75) is 38.1 Å². The Bertz CT molecular complexity index is 496. The van der Waals surface area contributed by atoms with E-state index in [-0.39, 0.29) is 5.91 Å². The highest BCUT2D eigenvalue weighted by Crippen LogP contribution is 2.18. The van der Waals surface area contributed by atoms with E-state index in [1.807, 2.05) is 16.0 Å². The van der Waals surface area contributed by atoms with Gasteiger partial charge in [-0.1, -0.05) is 19.3 Å². The molecule has 2 aromatic heterocycles. The number of aromatic nitrogens is 2. The molecular weight excluding hydrogens is 234 g/mol. The zero-order valence-electron chi connectivity index (χ0n) is 9.56. The molecule has 0 atom stereocenters. The lowest BCUT2D eigenvalue weighted by Gasteiger charge is -2.22. The van der Waals surface area contributed by atoms with Gasteiger partial charge in [0.05, 0.1) is 0 Å². The summed E-state index contributed by atoms with van der Waals surface area (Å²) in [5, 5.41) is 5.04. The van der Waals surface area contributed by atoms with Crippen LogP contribution in [0.25, 0.3) is 4.96 Å². The molecule has 3 rings (SSSR count). The molecule has 1 aliphatic rings. The van der Waals surface area contributed by atoms with Crippen molar-refractivity contribution in [3.05, 3.63) is 23.5 Å². The number of nitrogens with zero attached hydrogens (tertiary/aromatic N) is 2. The van der Waals surface area contributed by atoms with Crippen molar-refractivity contribution in [3.8, 4) is 0 Å². The van der Waals surface area contributed by atoms with Crippen LogP contribution in [0.4, 0.5) is 0 Å². The topological polar surface area (TPSA) is 46.4 Å². The third-order valence-corrected chi connectivity index (χ3v) is 4.04. The lowest BCUT2D eigenvalue weighted by atomic mass is 9.95. The molecule has 1 aliphatic carbocycles. The van der Waals surface area contributed by atoms with Crippen molar-refractivity contribution in [1.29, 1.82) is 0 Å². The van der Waals surface area contributed by atoms with Crippen LogP contribution in [0.15, 0.2) is 17.8 Å². The Labute approximate surface area is 104 Å². The molecule has 0 saturated heterocycles. The maximum atomic E-state index is 12.0. The molecule has 2 aromatic rings. The lowest BCUT2D eigenvalue weighted by Crippen LogP contribution is -2.36. The van der Waals surface area contributed by atoms with Crippen LogP contribution < -0.4 is 5.32 Å². The van der Waals surface area contributed by atoms with Gasteiger partial charge in [-0.15, -0.1) is 11.3 Å². The molecule has 0 radical (unpaired) electrons. The van der Waals surface area contributed by atoms with Crippen molar-refractivity contribution >= 4 is 22.2 Å². The number of rotatable bonds is 2. The van der Waals surface area contributed by atoms with Crippen molar-refractivity contribution in [1.82, 2.24) is 14.7 Å². The van der Waals surface area contributed by atoms with Gasteiger partial charge in [-0.2, -0.15) is 0 Å². The van der Waals surface area contributed by atoms with E-state index in [0.29, 0.717) is 11.7 Å². The molecule has 90 valence electrons. The molecule has 5 heteroatoms. The van der Waals surface area contributed by atoms with Crippen LogP contribution in [0.1, 0.15) is 42.6 Å². The predicted molar refractivity (Wildman–Crippen MR) is 67.4 cm³/mol. The van der Waals surface area contributed by atoms with Gasteiger partial charge in [-0.25, -0.2) is 4.98 Å². The summed E-state index contributed by atoms with van der Waals surface area (Å²) in [6, 6.07) is 0.344. The summed E-state index contributed by atoms with van der Waals surface area (Å²) in [6.45, 7) is 0. The van der Waals surface area contributed by atoms with Crippen LogP contribution in [0, 0.1) is 0 Å². The summed E-state index contributed by atoms with van der Waals surface area (Å²) < 4.78 is 1.89. The van der Waals surface area contributed by atoms with Crippen LogP contribution in [-0.2, 0) is 0 Å². The molecule has 1 N–H and O–H groups in total. The molecule has 0 aliphatic heterocycles. The third kappa shape index (κ3) is 2.20. The second kappa shape index (κ2) is 4.49. The van der Waals surface area contributed by atoms with Gasteiger partial charge in [-0.05, 0) is 12.8 Å². The highest BCUT2D eigenvalue weighted by atomic mass is 32.1. The zero-order chi connectivity index (χ0) is 11.7. The summed E-state index contributed by atoms with van der Waals surface area (Å²) in [4.78, 5) is 17.2. The molecule has 1 saturated carbocycles. The first-order valence-electron chi connectivity index (χ1n) is 6.06. The Morgan fingerprint density at radius 2 is 2.24 bits per heavy atom. The second-order valence-corrected chi connectivity index (χ2v) is 5.40. The fourth-order valence-corrected chi connectivity index (χ4v) is 3.04. The molecule has 0 spiro atoms. The molecule has 1 fully saturated rings. The number of thiazole rings is 1. The number of hydrogen-bond acceptors (Lipinski definition) is 3. The molecule has 0 aromatic carbocycles. The maximum absolute atomic E-state index is 12.0. The van der Waals surface area contributed by atoms with Crippen LogP contribution >= 0.6 is 11.3 Å². The fraction of sp³-hybridized carbons (Fsp3) is 0.500. The lowest BCUT2D eigenvalue weighted by molar-refractivity contribution is 0.0923. The number of imidazole rings is 1. The van der Waals surface area contributed by atoms with Gasteiger partial charge < -0.3 is 5.32 Å². The minimum Gasteiger partial charge on any atom is -0.348 e. The second-order valence-electron chi connectivity index (χ2n) is 4.53. The van der Waals surface area contributed by atoms with Crippen molar-refractivity contribution < 1.29 is 4.79 Å². The van der Waals surface area contributed by atoms with Gasteiger partial charge in [0.1, 0.15) is 5.69 Å². The minimum absolute atomic E-state index is 0.0344. The van der Waals surface area contributed by atoms with Gasteiger partial charge in [0.2, 0.25) is 0 Å². The molecule has 4 nitrogen and oxygen atoms in total. The third-order valence-electron chi connectivity index (χ3n) is 3.27. The van der Waals surface area contributed by atoms with E-state index in [4.69, 9.17) is 0 Å². The number of carbonyl (C=O) groups is 1. The molecule has 2 heterocycles. The highest BCUT2D eigenvalue weighted by Gasteiger charge is 2.18. The standard InChI is InChI=1S/C12H15N3OS/c16-11(13-9-4-2-1-3-5-9)10-8-15-6-7-17-12(15)14-10/h6-9H,1-5H2,(H,13,16). The number of fused-ring (bicyclic) bond motifs is 1. The normalized spacial score (nSPS) is 17.4. The average Bonchev–Trinajstić information content (AvgIpc) is 2.90. The molecule has 0 bridgehead atoms. The van der Waals surface area contributed by atoms with Gasteiger partial charge >= 0.3 is 0 Å². The summed E-state index contributed by atoms with van der Waals surface area (Å²) in [6.07, 6.45) is 9.68. The SMILES string of the molecule is O=C(NC1CCCCC1)c1cn2ccsc2n1. The van der Waals surface area contributed by atoms with E-state index in [2.05, 4.69) is 10.3 Å². The van der Waals surface area contributed by atoms with Gasteiger partial charge in [0, 0.05) is 23.8 Å². The van der Waals surface area contributed by atoms with E-state index in [9.17, 15) is 4.79 Å². The van der Waals surface area contributed by atoms with E-state index in [0.717, 1.165) is 17.8 Å². The molecule has 0 unspecified atom stereocenters. The first-order valence-corrected chi connectivity index (χ1v) is 6.94. The van der Waals surface area contributed by atoms with Crippen LogP contribution in [0.3, 0.4) is 0 Å². The average molecular weight is 249 g/mol. The number of hydrogen-bond donors (Lipinski definition) is 1. The Morgan fingerprint density at radius 1 is 1.41 bits per heavy atom. The largest absolute Gasteiger partial charge is 0.348 e. The quantitative estimate of drug-likeness (QED) is 0.888. The zero-order valence-corrected chi connectivity index (χ0v) is 10.4. The van der Waals surface area contributed by atoms with E-state index in [1.54, 1.807) is 17.5 Å². The van der Waals surface area contributed by atoms with Crippen LogP contribution in [-0.4, -0.2) is 21.3 Å². The van der Waals surface area contributed by atoms with Crippen molar-refractivity contribution in [3.63, 3.8) is 0 Å².